The Morgan fingerprint density at radius 1 is 1.00 bits per heavy atom. The smallest absolute Gasteiger partial charge is 0.274 e. The number of carbonyl (C=O) groups is 2. The first-order valence-electron chi connectivity index (χ1n) is 7.47. The van der Waals surface area contributed by atoms with Crippen LogP contribution < -0.4 is 4.90 Å². The highest BCUT2D eigenvalue weighted by molar-refractivity contribution is 6.67. The third kappa shape index (κ3) is 1.98. The Bertz CT molecular complexity index is 986. The van der Waals surface area contributed by atoms with Gasteiger partial charge in [-0.05, 0) is 12.1 Å². The number of hydrogen-bond donors (Lipinski definition) is 0. The molecule has 4 unspecified atom stereocenters. The molecule has 1 aromatic rings. The third-order valence-electron chi connectivity index (χ3n) is 5.29. The van der Waals surface area contributed by atoms with Gasteiger partial charge in [0, 0.05) is 6.07 Å². The molecule has 13 heteroatoms. The van der Waals surface area contributed by atoms with Crippen LogP contribution in [0.5, 0.6) is 0 Å². The van der Waals surface area contributed by atoms with E-state index in [0.717, 1.165) is 18.2 Å². The van der Waals surface area contributed by atoms with Gasteiger partial charge in [-0.3, -0.25) is 19.7 Å². The number of amides is 2. The molecule has 2 fully saturated rings. The monoisotopic (exact) mass is 506 g/mol. The second kappa shape index (κ2) is 5.86. The SMILES string of the molecule is O=C1C2C(C(=O)N1c1ccc(F)c([N+](=O)[O-])c1)C1(Cl)C(Cl)=C(Cl)C2(Cl)C1(Cl)Cl. The number of allylic oxidation sites excluding steroid dienone is 2. The molecule has 28 heavy (non-hydrogen) atoms. The minimum Gasteiger partial charge on any atom is -0.274 e. The predicted molar refractivity (Wildman–Crippen MR) is 103 cm³/mol. The average molecular weight is 509 g/mol. The highest BCUT2D eigenvalue weighted by atomic mass is 35.5. The first-order chi connectivity index (χ1) is 12.8. The normalized spacial score (nSPS) is 35.8. The van der Waals surface area contributed by atoms with Crippen molar-refractivity contribution in [3.8, 4) is 0 Å². The molecule has 0 aromatic heterocycles. The standard InChI is InChI=1S/C15H5Cl6FN2O4/c16-9-10(17)14(19)8-7(13(9,18)15(14,20)21)11(25)23(12(8)26)4-1-2-5(22)6(3-4)24(27)28/h1-3,7-8H. The number of nitro groups is 1. The van der Waals surface area contributed by atoms with Gasteiger partial charge in [-0.1, -0.05) is 46.4 Å². The molecule has 2 aliphatic carbocycles. The number of imide groups is 1. The van der Waals surface area contributed by atoms with E-state index in [-0.39, 0.29) is 15.8 Å². The van der Waals surface area contributed by atoms with Gasteiger partial charge in [0.1, 0.15) is 9.75 Å². The number of nitro benzene ring substituents is 1. The second-order valence-corrected chi connectivity index (χ2v) is 9.76. The number of anilines is 1. The zero-order chi connectivity index (χ0) is 21.0. The summed E-state index contributed by atoms with van der Waals surface area (Å²) < 4.78 is 11.6. The Hall–Kier alpha value is -0.830. The van der Waals surface area contributed by atoms with Gasteiger partial charge in [0.2, 0.25) is 17.6 Å². The van der Waals surface area contributed by atoms with Crippen molar-refractivity contribution in [3.63, 3.8) is 0 Å². The zero-order valence-corrected chi connectivity index (χ0v) is 17.6. The Morgan fingerprint density at radius 3 is 1.89 bits per heavy atom. The molecular formula is C15H5Cl6FN2O4. The molecule has 1 saturated carbocycles. The fraction of sp³-hybridized carbons (Fsp3) is 0.333. The van der Waals surface area contributed by atoms with E-state index < -0.39 is 54.2 Å². The zero-order valence-electron chi connectivity index (χ0n) is 13.1. The summed E-state index contributed by atoms with van der Waals surface area (Å²) in [5, 5.41) is 10.5. The fourth-order valence-electron chi connectivity index (χ4n) is 4.03. The molecule has 1 aliphatic heterocycles. The van der Waals surface area contributed by atoms with Crippen molar-refractivity contribution < 1.29 is 18.9 Å². The highest BCUT2D eigenvalue weighted by Gasteiger charge is 2.87. The quantitative estimate of drug-likeness (QED) is 0.251. The minimum absolute atomic E-state index is 0.237. The average Bonchev–Trinajstić information content (AvgIpc) is 3.00. The van der Waals surface area contributed by atoms with E-state index >= 15 is 0 Å². The maximum absolute atomic E-state index is 13.6. The molecule has 0 radical (unpaired) electrons. The number of fused-ring (bicyclic) bond motifs is 5. The Balaban J connectivity index is 1.89. The number of alkyl halides is 4. The molecule has 4 rings (SSSR count). The maximum atomic E-state index is 13.6. The summed E-state index contributed by atoms with van der Waals surface area (Å²) in [4.78, 5) is 32.8. The summed E-state index contributed by atoms with van der Waals surface area (Å²) in [6.07, 6.45) is 0. The van der Waals surface area contributed by atoms with Gasteiger partial charge in [-0.2, -0.15) is 4.39 Å². The van der Waals surface area contributed by atoms with Crippen LogP contribution >= 0.6 is 69.6 Å². The number of halogens is 7. The van der Waals surface area contributed by atoms with Crippen LogP contribution in [0.25, 0.3) is 0 Å². The number of carbonyl (C=O) groups excluding carboxylic acids is 2. The summed E-state index contributed by atoms with van der Waals surface area (Å²) in [6.45, 7) is 0. The van der Waals surface area contributed by atoms with Crippen LogP contribution in [0.3, 0.4) is 0 Å². The van der Waals surface area contributed by atoms with E-state index in [9.17, 15) is 24.1 Å². The molecule has 1 saturated heterocycles. The molecule has 4 atom stereocenters. The van der Waals surface area contributed by atoms with Crippen LogP contribution in [-0.2, 0) is 9.59 Å². The Labute approximate surface area is 186 Å². The topological polar surface area (TPSA) is 80.5 Å². The summed E-state index contributed by atoms with van der Waals surface area (Å²) >= 11 is 38.2. The van der Waals surface area contributed by atoms with E-state index in [1.54, 1.807) is 0 Å². The van der Waals surface area contributed by atoms with Crippen LogP contribution in [0, 0.1) is 27.8 Å². The lowest BCUT2D eigenvalue weighted by molar-refractivity contribution is -0.387. The summed E-state index contributed by atoms with van der Waals surface area (Å²) in [5.41, 5.74) is -1.16. The summed E-state index contributed by atoms with van der Waals surface area (Å²) in [7, 11) is 0. The molecule has 2 bridgehead atoms. The van der Waals surface area contributed by atoms with Crippen molar-refractivity contribution in [2.75, 3.05) is 4.90 Å². The number of hydrogen-bond acceptors (Lipinski definition) is 4. The van der Waals surface area contributed by atoms with Gasteiger partial charge in [0.15, 0.2) is 4.33 Å². The second-order valence-electron chi connectivity index (χ2n) is 6.49. The summed E-state index contributed by atoms with van der Waals surface area (Å²) in [5.74, 6) is -5.67. The molecule has 2 amide bonds. The molecule has 0 N–H and O–H groups in total. The van der Waals surface area contributed by atoms with Crippen LogP contribution in [-0.4, -0.2) is 30.8 Å². The van der Waals surface area contributed by atoms with Crippen molar-refractivity contribution in [2.24, 2.45) is 11.8 Å². The Kier molecular flexibility index (Phi) is 4.28. The van der Waals surface area contributed by atoms with Gasteiger partial charge in [0.25, 0.3) is 0 Å². The molecular weight excluding hydrogens is 504 g/mol. The van der Waals surface area contributed by atoms with E-state index in [1.165, 1.54) is 0 Å². The number of nitrogens with zero attached hydrogens (tertiary/aromatic N) is 2. The summed E-state index contributed by atoms with van der Waals surface area (Å²) in [6, 6.07) is 2.55. The predicted octanol–water partition coefficient (Wildman–Crippen LogP) is 4.69. The van der Waals surface area contributed by atoms with Gasteiger partial charge in [-0.15, -0.1) is 23.2 Å². The van der Waals surface area contributed by atoms with E-state index in [1.807, 2.05) is 0 Å². The lowest BCUT2D eigenvalue weighted by Gasteiger charge is -2.34. The molecule has 3 aliphatic rings. The van der Waals surface area contributed by atoms with Gasteiger partial charge >= 0.3 is 5.69 Å². The molecule has 1 aromatic carbocycles. The van der Waals surface area contributed by atoms with Gasteiger partial charge < -0.3 is 0 Å². The van der Waals surface area contributed by atoms with Crippen LogP contribution in [0.2, 0.25) is 0 Å². The number of benzene rings is 1. The molecule has 148 valence electrons. The van der Waals surface area contributed by atoms with Crippen molar-refractivity contribution in [3.05, 3.63) is 44.2 Å². The molecule has 1 heterocycles. The van der Waals surface area contributed by atoms with E-state index in [0.29, 0.717) is 4.90 Å². The molecule has 6 nitrogen and oxygen atoms in total. The highest BCUT2D eigenvalue weighted by Crippen LogP contribution is 2.77. The van der Waals surface area contributed by atoms with Crippen molar-refractivity contribution in [2.45, 2.75) is 14.1 Å². The van der Waals surface area contributed by atoms with Crippen molar-refractivity contribution in [1.29, 1.82) is 0 Å². The van der Waals surface area contributed by atoms with Crippen LogP contribution in [0.1, 0.15) is 0 Å². The first kappa shape index (κ1) is 20.4. The maximum Gasteiger partial charge on any atom is 0.306 e. The van der Waals surface area contributed by atoms with Crippen molar-refractivity contribution in [1.82, 2.24) is 0 Å². The lowest BCUT2D eigenvalue weighted by Crippen LogP contribution is -2.50. The first-order valence-corrected chi connectivity index (χ1v) is 9.73. The van der Waals surface area contributed by atoms with Crippen molar-refractivity contribution >= 4 is 92.8 Å². The Morgan fingerprint density at radius 2 is 1.46 bits per heavy atom. The van der Waals surface area contributed by atoms with E-state index in [2.05, 4.69) is 0 Å². The van der Waals surface area contributed by atoms with E-state index in [4.69, 9.17) is 69.6 Å². The number of rotatable bonds is 2. The lowest BCUT2D eigenvalue weighted by atomic mass is 9.84. The van der Waals surface area contributed by atoms with Gasteiger partial charge in [0.05, 0.1) is 32.5 Å². The molecule has 0 spiro atoms. The fourth-order valence-corrected chi connectivity index (χ4v) is 6.96. The minimum atomic E-state index is -2.08. The van der Waals surface area contributed by atoms with Crippen LogP contribution in [0.15, 0.2) is 28.3 Å². The van der Waals surface area contributed by atoms with Gasteiger partial charge in [-0.25, -0.2) is 4.90 Å². The largest absolute Gasteiger partial charge is 0.306 e. The third-order valence-corrected chi connectivity index (χ3v) is 9.55. The van der Waals surface area contributed by atoms with Crippen LogP contribution in [0.4, 0.5) is 15.8 Å².